The van der Waals surface area contributed by atoms with E-state index in [2.05, 4.69) is 5.32 Å². The first kappa shape index (κ1) is 20.6. The molecule has 0 aromatic heterocycles. The Hall–Kier alpha value is -2.12. The Morgan fingerprint density at radius 3 is 2.57 bits per heavy atom. The van der Waals surface area contributed by atoms with Crippen LogP contribution in [0.5, 0.6) is 0 Å². The standard InChI is InChI=1S/C20H18ClF2NO3S/c21-15-10-13(5-7-16(15)22)24-19(25)11-4-6-17(23)18(9-11)28-14-3-1-2-12(8-14)20(26)27/h4-7,9-10,12,14H,1-3,8H2,(H,24,25)(H,26,27)/t12-,14-/m0/s1. The Labute approximate surface area is 170 Å². The molecule has 2 N–H and O–H groups in total. The van der Waals surface area contributed by atoms with E-state index < -0.39 is 29.4 Å². The molecule has 1 fully saturated rings. The van der Waals surface area contributed by atoms with Gasteiger partial charge in [-0.15, -0.1) is 11.8 Å². The summed E-state index contributed by atoms with van der Waals surface area (Å²) < 4.78 is 27.5. The highest BCUT2D eigenvalue weighted by Crippen LogP contribution is 2.37. The Kier molecular flexibility index (Phi) is 6.57. The lowest BCUT2D eigenvalue weighted by Crippen LogP contribution is -2.24. The fourth-order valence-electron chi connectivity index (χ4n) is 3.17. The summed E-state index contributed by atoms with van der Waals surface area (Å²) in [6, 6.07) is 7.85. The van der Waals surface area contributed by atoms with Crippen LogP contribution in [0, 0.1) is 17.6 Å². The van der Waals surface area contributed by atoms with Gasteiger partial charge < -0.3 is 10.4 Å². The SMILES string of the molecule is O=C(Nc1ccc(F)c(Cl)c1)c1ccc(F)c(S[C@H]2CCC[C@H](C(=O)O)C2)c1. The molecule has 2 aromatic carbocycles. The van der Waals surface area contributed by atoms with E-state index in [4.69, 9.17) is 11.6 Å². The number of nitrogens with one attached hydrogen (secondary N) is 1. The molecule has 0 aliphatic heterocycles. The van der Waals surface area contributed by atoms with Crippen molar-refractivity contribution in [1.82, 2.24) is 0 Å². The molecule has 0 radical (unpaired) electrons. The van der Waals surface area contributed by atoms with Gasteiger partial charge in [-0.2, -0.15) is 0 Å². The van der Waals surface area contributed by atoms with Gasteiger partial charge in [0.25, 0.3) is 5.91 Å². The van der Waals surface area contributed by atoms with E-state index in [1.165, 1.54) is 42.1 Å². The van der Waals surface area contributed by atoms with Gasteiger partial charge in [-0.05, 0) is 55.7 Å². The number of carboxylic acids is 1. The minimum absolute atomic E-state index is 0.0152. The van der Waals surface area contributed by atoms with Crippen LogP contribution >= 0.6 is 23.4 Å². The van der Waals surface area contributed by atoms with Crippen LogP contribution in [-0.4, -0.2) is 22.2 Å². The number of anilines is 1. The van der Waals surface area contributed by atoms with Crippen molar-refractivity contribution in [3.8, 4) is 0 Å². The lowest BCUT2D eigenvalue weighted by Gasteiger charge is -2.26. The van der Waals surface area contributed by atoms with Crippen LogP contribution in [0.2, 0.25) is 5.02 Å². The number of rotatable bonds is 5. The highest BCUT2D eigenvalue weighted by atomic mass is 35.5. The van der Waals surface area contributed by atoms with Gasteiger partial charge in [0.15, 0.2) is 0 Å². The first-order valence-corrected chi connectivity index (χ1v) is 10.0. The zero-order chi connectivity index (χ0) is 20.3. The molecule has 0 saturated heterocycles. The maximum absolute atomic E-state index is 14.2. The van der Waals surface area contributed by atoms with Crippen LogP contribution in [-0.2, 0) is 4.79 Å². The van der Waals surface area contributed by atoms with Crippen LogP contribution in [0.1, 0.15) is 36.0 Å². The Morgan fingerprint density at radius 1 is 1.11 bits per heavy atom. The molecule has 1 amide bonds. The van der Waals surface area contributed by atoms with Crippen LogP contribution in [0.4, 0.5) is 14.5 Å². The van der Waals surface area contributed by atoms with Crippen LogP contribution < -0.4 is 5.32 Å². The maximum atomic E-state index is 14.2. The largest absolute Gasteiger partial charge is 0.481 e. The molecule has 0 spiro atoms. The zero-order valence-electron chi connectivity index (χ0n) is 14.8. The number of thioether (sulfide) groups is 1. The quantitative estimate of drug-likeness (QED) is 0.653. The summed E-state index contributed by atoms with van der Waals surface area (Å²) in [5.74, 6) is -2.76. The lowest BCUT2D eigenvalue weighted by atomic mass is 9.89. The third kappa shape index (κ3) is 5.02. The summed E-state index contributed by atoms with van der Waals surface area (Å²) in [7, 11) is 0. The number of carbonyl (C=O) groups is 2. The van der Waals surface area contributed by atoms with E-state index in [0.29, 0.717) is 23.4 Å². The summed E-state index contributed by atoms with van der Waals surface area (Å²) in [4.78, 5) is 24.0. The van der Waals surface area contributed by atoms with Crippen molar-refractivity contribution in [3.63, 3.8) is 0 Å². The molecule has 1 saturated carbocycles. The van der Waals surface area contributed by atoms with Crippen LogP contribution in [0.25, 0.3) is 0 Å². The van der Waals surface area contributed by atoms with Crippen molar-refractivity contribution in [2.45, 2.75) is 35.8 Å². The van der Waals surface area contributed by atoms with E-state index in [1.807, 2.05) is 0 Å². The molecule has 8 heteroatoms. The van der Waals surface area contributed by atoms with Gasteiger partial charge in [-0.25, -0.2) is 8.78 Å². The molecule has 0 unspecified atom stereocenters. The maximum Gasteiger partial charge on any atom is 0.306 e. The van der Waals surface area contributed by atoms with E-state index in [9.17, 15) is 23.5 Å². The number of carboxylic acid groups (broad SMARTS) is 1. The van der Waals surface area contributed by atoms with E-state index >= 15 is 0 Å². The number of aliphatic carboxylic acids is 1. The number of hydrogen-bond acceptors (Lipinski definition) is 3. The summed E-state index contributed by atoms with van der Waals surface area (Å²) in [6.07, 6.45) is 2.70. The van der Waals surface area contributed by atoms with Crippen molar-refractivity contribution >= 4 is 40.9 Å². The zero-order valence-corrected chi connectivity index (χ0v) is 16.3. The Bertz CT molecular complexity index is 909. The molecular weight excluding hydrogens is 408 g/mol. The van der Waals surface area contributed by atoms with E-state index in [1.54, 1.807) is 0 Å². The minimum Gasteiger partial charge on any atom is -0.481 e. The average Bonchev–Trinajstić information content (AvgIpc) is 2.66. The molecule has 148 valence electrons. The molecule has 1 aliphatic rings. The van der Waals surface area contributed by atoms with Gasteiger partial charge in [0, 0.05) is 21.4 Å². The number of hydrogen-bond donors (Lipinski definition) is 2. The van der Waals surface area contributed by atoms with Crippen molar-refractivity contribution < 1.29 is 23.5 Å². The first-order valence-electron chi connectivity index (χ1n) is 8.79. The van der Waals surface area contributed by atoms with Gasteiger partial charge >= 0.3 is 5.97 Å². The van der Waals surface area contributed by atoms with Crippen LogP contribution in [0.15, 0.2) is 41.3 Å². The molecule has 2 atom stereocenters. The fourth-order valence-corrected chi connectivity index (χ4v) is 4.70. The molecule has 3 rings (SSSR count). The van der Waals surface area contributed by atoms with Crippen LogP contribution in [0.3, 0.4) is 0 Å². The average molecular weight is 426 g/mol. The van der Waals surface area contributed by atoms with E-state index in [0.717, 1.165) is 18.9 Å². The third-order valence-electron chi connectivity index (χ3n) is 4.64. The number of benzene rings is 2. The molecule has 0 bridgehead atoms. The normalized spacial score (nSPS) is 19.2. The molecule has 0 heterocycles. The number of amides is 1. The highest BCUT2D eigenvalue weighted by Gasteiger charge is 2.28. The van der Waals surface area contributed by atoms with Gasteiger partial charge in [0.1, 0.15) is 11.6 Å². The van der Waals surface area contributed by atoms with Gasteiger partial charge in [-0.3, -0.25) is 9.59 Å². The molecule has 4 nitrogen and oxygen atoms in total. The topological polar surface area (TPSA) is 66.4 Å². The molecule has 2 aromatic rings. The summed E-state index contributed by atoms with van der Waals surface area (Å²) in [5.41, 5.74) is 0.571. The van der Waals surface area contributed by atoms with Gasteiger partial charge in [0.2, 0.25) is 0 Å². The predicted octanol–water partition coefficient (Wildman–Crippen LogP) is 5.61. The Balaban J connectivity index is 1.72. The molecular formula is C20H18ClF2NO3S. The lowest BCUT2D eigenvalue weighted by molar-refractivity contribution is -0.142. The highest BCUT2D eigenvalue weighted by molar-refractivity contribution is 8.00. The second-order valence-electron chi connectivity index (χ2n) is 6.67. The van der Waals surface area contributed by atoms with Crippen molar-refractivity contribution in [1.29, 1.82) is 0 Å². The summed E-state index contributed by atoms with van der Waals surface area (Å²) >= 11 is 6.98. The van der Waals surface area contributed by atoms with Crippen molar-refractivity contribution in [3.05, 3.63) is 58.6 Å². The summed E-state index contributed by atoms with van der Waals surface area (Å²) in [5, 5.41) is 11.7. The first-order chi connectivity index (χ1) is 13.3. The second kappa shape index (κ2) is 8.92. The minimum atomic E-state index is -0.822. The smallest absolute Gasteiger partial charge is 0.306 e. The van der Waals surface area contributed by atoms with Gasteiger partial charge in [-0.1, -0.05) is 18.0 Å². The van der Waals surface area contributed by atoms with Gasteiger partial charge in [0.05, 0.1) is 10.9 Å². The number of halogens is 3. The van der Waals surface area contributed by atoms with Crippen molar-refractivity contribution in [2.24, 2.45) is 5.92 Å². The summed E-state index contributed by atoms with van der Waals surface area (Å²) in [6.45, 7) is 0. The third-order valence-corrected chi connectivity index (χ3v) is 6.26. The fraction of sp³-hybridized carbons (Fsp3) is 0.300. The predicted molar refractivity (Wildman–Crippen MR) is 105 cm³/mol. The van der Waals surface area contributed by atoms with E-state index in [-0.39, 0.29) is 15.8 Å². The molecule has 1 aliphatic carbocycles. The monoisotopic (exact) mass is 425 g/mol. The molecule has 28 heavy (non-hydrogen) atoms. The second-order valence-corrected chi connectivity index (χ2v) is 8.42. The Morgan fingerprint density at radius 2 is 1.86 bits per heavy atom. The van der Waals surface area contributed by atoms with Crippen molar-refractivity contribution in [2.75, 3.05) is 5.32 Å². The number of carbonyl (C=O) groups excluding carboxylic acids is 1.